The molecular formula is C14H13N3S. The Morgan fingerprint density at radius 3 is 2.72 bits per heavy atom. The number of hydrogen-bond acceptors (Lipinski definition) is 4. The fourth-order valence-electron chi connectivity index (χ4n) is 2.05. The molecule has 3 aromatic rings. The van der Waals surface area contributed by atoms with Gasteiger partial charge in [-0.1, -0.05) is 6.07 Å². The normalized spacial score (nSPS) is 11.0. The highest BCUT2D eigenvalue weighted by Crippen LogP contribution is 2.30. The van der Waals surface area contributed by atoms with E-state index in [-0.39, 0.29) is 0 Å². The van der Waals surface area contributed by atoms with Gasteiger partial charge in [0.25, 0.3) is 0 Å². The minimum Gasteiger partial charge on any atom is -0.384 e. The summed E-state index contributed by atoms with van der Waals surface area (Å²) < 4.78 is 1.30. The number of hydrogen-bond donors (Lipinski definition) is 1. The van der Waals surface area contributed by atoms with E-state index in [0.29, 0.717) is 11.6 Å². The van der Waals surface area contributed by atoms with E-state index in [1.807, 2.05) is 13.0 Å². The van der Waals surface area contributed by atoms with E-state index in [4.69, 9.17) is 5.73 Å². The lowest BCUT2D eigenvalue weighted by Crippen LogP contribution is -1.97. The lowest BCUT2D eigenvalue weighted by Gasteiger charge is -2.04. The first-order valence-electron chi connectivity index (χ1n) is 5.73. The Morgan fingerprint density at radius 2 is 1.94 bits per heavy atom. The van der Waals surface area contributed by atoms with Gasteiger partial charge in [0.15, 0.2) is 0 Å². The quantitative estimate of drug-likeness (QED) is 0.723. The van der Waals surface area contributed by atoms with E-state index in [0.717, 1.165) is 11.3 Å². The van der Waals surface area contributed by atoms with Gasteiger partial charge in [-0.3, -0.25) is 0 Å². The summed E-state index contributed by atoms with van der Waals surface area (Å²) in [6, 6.07) is 8.20. The van der Waals surface area contributed by atoms with Crippen molar-refractivity contribution in [3.8, 4) is 11.3 Å². The molecule has 0 aliphatic heterocycles. The molecule has 0 saturated carbocycles. The van der Waals surface area contributed by atoms with Crippen molar-refractivity contribution < 1.29 is 0 Å². The van der Waals surface area contributed by atoms with Crippen molar-refractivity contribution in [2.24, 2.45) is 0 Å². The van der Waals surface area contributed by atoms with Gasteiger partial charge in [-0.15, -0.1) is 11.3 Å². The number of nitrogen functional groups attached to an aromatic ring is 1. The summed E-state index contributed by atoms with van der Waals surface area (Å²) in [6.45, 7) is 3.98. The molecule has 0 spiro atoms. The lowest BCUT2D eigenvalue weighted by molar-refractivity contribution is 1.07. The minimum atomic E-state index is 0.514. The highest BCUT2D eigenvalue weighted by atomic mass is 32.1. The molecule has 1 aromatic carbocycles. The number of thiophene rings is 1. The molecule has 0 aliphatic carbocycles. The van der Waals surface area contributed by atoms with Crippen LogP contribution >= 0.6 is 11.3 Å². The van der Waals surface area contributed by atoms with Crippen LogP contribution in [0.25, 0.3) is 21.3 Å². The zero-order valence-corrected chi connectivity index (χ0v) is 11.1. The Labute approximate surface area is 109 Å². The van der Waals surface area contributed by atoms with Crippen LogP contribution in [0, 0.1) is 13.8 Å². The van der Waals surface area contributed by atoms with Gasteiger partial charge >= 0.3 is 0 Å². The van der Waals surface area contributed by atoms with Crippen molar-refractivity contribution in [3.05, 3.63) is 41.0 Å². The average molecular weight is 255 g/mol. The zero-order valence-electron chi connectivity index (χ0n) is 10.3. The SMILES string of the molecule is Cc1nc(N)cc(-c2ccc3scc(C)c3c2)n1. The summed E-state index contributed by atoms with van der Waals surface area (Å²) in [5.41, 5.74) is 9.04. The van der Waals surface area contributed by atoms with Crippen LogP contribution in [-0.2, 0) is 0 Å². The predicted molar refractivity (Wildman–Crippen MR) is 76.7 cm³/mol. The number of benzene rings is 1. The molecule has 2 heterocycles. The first kappa shape index (κ1) is 11.2. The average Bonchev–Trinajstić information content (AvgIpc) is 2.69. The fraction of sp³-hybridized carbons (Fsp3) is 0.143. The van der Waals surface area contributed by atoms with Gasteiger partial charge in [-0.25, -0.2) is 9.97 Å². The molecule has 18 heavy (non-hydrogen) atoms. The van der Waals surface area contributed by atoms with E-state index in [1.54, 1.807) is 11.3 Å². The zero-order chi connectivity index (χ0) is 12.7. The second-order valence-electron chi connectivity index (χ2n) is 4.35. The molecule has 0 radical (unpaired) electrons. The summed E-state index contributed by atoms with van der Waals surface area (Å²) in [5, 5.41) is 3.46. The lowest BCUT2D eigenvalue weighted by atomic mass is 10.1. The molecule has 0 atom stereocenters. The standard InChI is InChI=1S/C14H13N3S/c1-8-7-18-13-4-3-10(5-11(8)13)12-6-14(15)17-9(2)16-12/h3-7H,1-2H3,(H2,15,16,17). The molecule has 0 aliphatic rings. The molecule has 90 valence electrons. The number of nitrogens with two attached hydrogens (primary N) is 1. The Hall–Kier alpha value is -1.94. The number of anilines is 1. The topological polar surface area (TPSA) is 51.8 Å². The van der Waals surface area contributed by atoms with Crippen LogP contribution in [0.3, 0.4) is 0 Å². The van der Waals surface area contributed by atoms with E-state index in [2.05, 4.69) is 40.5 Å². The van der Waals surface area contributed by atoms with Crippen LogP contribution in [0.15, 0.2) is 29.6 Å². The number of nitrogens with zero attached hydrogens (tertiary/aromatic N) is 2. The van der Waals surface area contributed by atoms with Crippen LogP contribution in [0.2, 0.25) is 0 Å². The van der Waals surface area contributed by atoms with Gasteiger partial charge in [-0.05, 0) is 42.3 Å². The summed E-state index contributed by atoms with van der Waals surface area (Å²) in [7, 11) is 0. The molecule has 3 rings (SSSR count). The van der Waals surface area contributed by atoms with Gasteiger partial charge in [0.2, 0.25) is 0 Å². The Kier molecular flexibility index (Phi) is 2.52. The summed E-state index contributed by atoms with van der Waals surface area (Å²) in [6.07, 6.45) is 0. The van der Waals surface area contributed by atoms with E-state index < -0.39 is 0 Å². The van der Waals surface area contributed by atoms with Crippen molar-refractivity contribution >= 4 is 27.2 Å². The van der Waals surface area contributed by atoms with Crippen molar-refractivity contribution in [3.63, 3.8) is 0 Å². The van der Waals surface area contributed by atoms with E-state index in [9.17, 15) is 0 Å². The Morgan fingerprint density at radius 1 is 1.11 bits per heavy atom. The third-order valence-corrected chi connectivity index (χ3v) is 4.00. The fourth-order valence-corrected chi connectivity index (χ4v) is 2.98. The smallest absolute Gasteiger partial charge is 0.128 e. The maximum atomic E-state index is 5.77. The molecule has 0 bridgehead atoms. The summed E-state index contributed by atoms with van der Waals surface area (Å²) >= 11 is 1.77. The molecule has 0 amide bonds. The first-order valence-corrected chi connectivity index (χ1v) is 6.61. The molecular weight excluding hydrogens is 242 g/mol. The molecule has 3 nitrogen and oxygen atoms in total. The van der Waals surface area contributed by atoms with Crippen LogP contribution < -0.4 is 5.73 Å². The highest BCUT2D eigenvalue weighted by molar-refractivity contribution is 7.17. The number of aromatic nitrogens is 2. The third kappa shape index (κ3) is 1.84. The number of fused-ring (bicyclic) bond motifs is 1. The van der Waals surface area contributed by atoms with Gasteiger partial charge in [0, 0.05) is 16.3 Å². The van der Waals surface area contributed by atoms with Gasteiger partial charge in [0.1, 0.15) is 11.6 Å². The molecule has 0 saturated heterocycles. The second kappa shape index (κ2) is 4.07. The summed E-state index contributed by atoms with van der Waals surface area (Å²) in [4.78, 5) is 8.54. The third-order valence-electron chi connectivity index (χ3n) is 2.92. The highest BCUT2D eigenvalue weighted by Gasteiger charge is 2.06. The van der Waals surface area contributed by atoms with Gasteiger partial charge in [-0.2, -0.15) is 0 Å². The molecule has 2 aromatic heterocycles. The number of rotatable bonds is 1. The van der Waals surface area contributed by atoms with E-state index in [1.165, 1.54) is 15.6 Å². The Bertz CT molecular complexity index is 711. The van der Waals surface area contributed by atoms with Gasteiger partial charge in [0.05, 0.1) is 5.69 Å². The monoisotopic (exact) mass is 255 g/mol. The largest absolute Gasteiger partial charge is 0.384 e. The van der Waals surface area contributed by atoms with Crippen molar-refractivity contribution in [1.29, 1.82) is 0 Å². The van der Waals surface area contributed by atoms with Gasteiger partial charge < -0.3 is 5.73 Å². The predicted octanol–water partition coefficient (Wildman–Crippen LogP) is 3.56. The van der Waals surface area contributed by atoms with Crippen LogP contribution in [0.1, 0.15) is 11.4 Å². The Balaban J connectivity index is 2.21. The van der Waals surface area contributed by atoms with Crippen molar-refractivity contribution in [2.45, 2.75) is 13.8 Å². The second-order valence-corrected chi connectivity index (χ2v) is 5.27. The maximum absolute atomic E-state index is 5.77. The molecule has 0 unspecified atom stereocenters. The van der Waals surface area contributed by atoms with Crippen LogP contribution in [0.4, 0.5) is 5.82 Å². The molecule has 2 N–H and O–H groups in total. The molecule has 0 fully saturated rings. The van der Waals surface area contributed by atoms with Crippen LogP contribution in [0.5, 0.6) is 0 Å². The first-order chi connectivity index (χ1) is 8.63. The van der Waals surface area contributed by atoms with E-state index >= 15 is 0 Å². The molecule has 4 heteroatoms. The van der Waals surface area contributed by atoms with Crippen molar-refractivity contribution in [2.75, 3.05) is 5.73 Å². The van der Waals surface area contributed by atoms with Crippen molar-refractivity contribution in [1.82, 2.24) is 9.97 Å². The maximum Gasteiger partial charge on any atom is 0.128 e. The summed E-state index contributed by atoms with van der Waals surface area (Å²) in [5.74, 6) is 1.21. The minimum absolute atomic E-state index is 0.514. The number of aryl methyl sites for hydroxylation is 2. The van der Waals surface area contributed by atoms with Crippen LogP contribution in [-0.4, -0.2) is 9.97 Å².